The Morgan fingerprint density at radius 3 is 2.77 bits per heavy atom. The van der Waals surface area contributed by atoms with Crippen molar-refractivity contribution >= 4 is 24.0 Å². The minimum Gasteiger partial charge on any atom is -0.460 e. The average Bonchev–Trinajstić information content (AvgIpc) is 2.91. The highest BCUT2D eigenvalue weighted by atomic mass is 35.5. The number of benzene rings is 1. The van der Waals surface area contributed by atoms with Crippen LogP contribution in [-0.4, -0.2) is 19.3 Å². The number of rotatable bonds is 8. The van der Waals surface area contributed by atoms with Crippen molar-refractivity contribution in [3.8, 4) is 11.3 Å². The van der Waals surface area contributed by atoms with Gasteiger partial charge in [-0.15, -0.1) is 12.4 Å². The lowest BCUT2D eigenvalue weighted by Gasteiger charge is -2.07. The maximum absolute atomic E-state index is 5.99. The normalized spacial score (nSPS) is 10.7. The van der Waals surface area contributed by atoms with E-state index in [9.17, 15) is 0 Å². The first-order valence-electron chi connectivity index (χ1n) is 7.32. The molecule has 5 heteroatoms. The minimum absolute atomic E-state index is 0. The van der Waals surface area contributed by atoms with E-state index in [4.69, 9.17) is 20.8 Å². The Balaban J connectivity index is 0.00000242. The molecule has 1 N–H and O–H groups in total. The highest BCUT2D eigenvalue weighted by Gasteiger charge is 2.05. The molecule has 0 saturated carbocycles. The molecule has 0 amide bonds. The molecule has 22 heavy (non-hydrogen) atoms. The number of halogens is 2. The van der Waals surface area contributed by atoms with Gasteiger partial charge in [-0.05, 0) is 51.1 Å². The summed E-state index contributed by atoms with van der Waals surface area (Å²) < 4.78 is 11.3. The van der Waals surface area contributed by atoms with Gasteiger partial charge in [0.2, 0.25) is 0 Å². The highest BCUT2D eigenvalue weighted by Crippen LogP contribution is 2.24. The van der Waals surface area contributed by atoms with E-state index in [0.717, 1.165) is 43.2 Å². The van der Waals surface area contributed by atoms with Gasteiger partial charge >= 0.3 is 0 Å². The molecule has 0 unspecified atom stereocenters. The van der Waals surface area contributed by atoms with Crippen LogP contribution in [0.2, 0.25) is 5.02 Å². The molecule has 1 aromatic carbocycles. The van der Waals surface area contributed by atoms with Crippen molar-refractivity contribution in [3.05, 3.63) is 47.2 Å². The van der Waals surface area contributed by atoms with Crippen LogP contribution in [0, 0.1) is 0 Å². The van der Waals surface area contributed by atoms with Gasteiger partial charge in [0, 0.05) is 17.2 Å². The molecule has 2 aromatic rings. The maximum Gasteiger partial charge on any atom is 0.134 e. The van der Waals surface area contributed by atoms with Crippen LogP contribution in [-0.2, 0) is 11.3 Å². The van der Waals surface area contributed by atoms with E-state index in [2.05, 4.69) is 5.32 Å². The van der Waals surface area contributed by atoms with Crippen molar-refractivity contribution in [2.24, 2.45) is 0 Å². The maximum atomic E-state index is 5.99. The second-order valence-electron chi connectivity index (χ2n) is 5.23. The summed E-state index contributed by atoms with van der Waals surface area (Å²) in [4.78, 5) is 0. The fraction of sp³-hybridized carbons (Fsp3) is 0.412. The SMILES string of the molecule is CC(C)OCCCNCc1ccc(-c2cccc(Cl)c2)o1.Cl. The van der Waals surface area contributed by atoms with Crippen LogP contribution >= 0.6 is 24.0 Å². The fourth-order valence-corrected chi connectivity index (χ4v) is 2.19. The van der Waals surface area contributed by atoms with Gasteiger partial charge in [0.1, 0.15) is 11.5 Å². The zero-order valence-electron chi connectivity index (χ0n) is 13.0. The zero-order valence-corrected chi connectivity index (χ0v) is 14.5. The van der Waals surface area contributed by atoms with Crippen molar-refractivity contribution in [3.63, 3.8) is 0 Å². The Bertz CT molecular complexity index is 555. The van der Waals surface area contributed by atoms with E-state index in [0.29, 0.717) is 11.1 Å². The van der Waals surface area contributed by atoms with Crippen LogP contribution in [0.1, 0.15) is 26.0 Å². The first-order valence-corrected chi connectivity index (χ1v) is 7.70. The molecule has 0 spiro atoms. The lowest BCUT2D eigenvalue weighted by atomic mass is 10.2. The van der Waals surface area contributed by atoms with Crippen molar-refractivity contribution in [2.45, 2.75) is 32.9 Å². The van der Waals surface area contributed by atoms with Crippen molar-refractivity contribution < 1.29 is 9.15 Å². The third-order valence-corrected chi connectivity index (χ3v) is 3.25. The van der Waals surface area contributed by atoms with E-state index < -0.39 is 0 Å². The van der Waals surface area contributed by atoms with Gasteiger partial charge < -0.3 is 14.5 Å². The zero-order chi connectivity index (χ0) is 15.1. The van der Waals surface area contributed by atoms with Crippen LogP contribution in [0.3, 0.4) is 0 Å². The minimum atomic E-state index is 0. The smallest absolute Gasteiger partial charge is 0.134 e. The molecule has 0 aliphatic carbocycles. The van der Waals surface area contributed by atoms with Crippen LogP contribution in [0.15, 0.2) is 40.8 Å². The molecule has 122 valence electrons. The number of hydrogen-bond donors (Lipinski definition) is 1. The number of ether oxygens (including phenoxy) is 1. The molecule has 0 aliphatic heterocycles. The largest absolute Gasteiger partial charge is 0.460 e. The summed E-state index contributed by atoms with van der Waals surface area (Å²) in [6.07, 6.45) is 1.30. The van der Waals surface area contributed by atoms with Gasteiger partial charge in [0.25, 0.3) is 0 Å². The Morgan fingerprint density at radius 1 is 1.23 bits per heavy atom. The molecule has 0 saturated heterocycles. The Morgan fingerprint density at radius 2 is 2.05 bits per heavy atom. The highest BCUT2D eigenvalue weighted by molar-refractivity contribution is 6.30. The van der Waals surface area contributed by atoms with Crippen LogP contribution in [0.5, 0.6) is 0 Å². The lowest BCUT2D eigenvalue weighted by molar-refractivity contribution is 0.0770. The molecule has 2 rings (SSSR count). The first-order chi connectivity index (χ1) is 10.1. The Hall–Kier alpha value is -1.000. The predicted molar refractivity (Wildman–Crippen MR) is 93.8 cm³/mol. The third-order valence-electron chi connectivity index (χ3n) is 3.02. The summed E-state index contributed by atoms with van der Waals surface area (Å²) in [6.45, 7) is 6.53. The molecule has 0 bridgehead atoms. The second kappa shape index (κ2) is 9.90. The summed E-state index contributed by atoms with van der Waals surface area (Å²) in [5.41, 5.74) is 0.999. The van der Waals surface area contributed by atoms with Gasteiger partial charge in [0.05, 0.1) is 12.6 Å². The van der Waals surface area contributed by atoms with E-state index in [1.807, 2.05) is 50.2 Å². The first kappa shape index (κ1) is 19.0. The van der Waals surface area contributed by atoms with Crippen LogP contribution < -0.4 is 5.32 Å². The summed E-state index contributed by atoms with van der Waals surface area (Å²) in [6, 6.07) is 11.6. The number of hydrogen-bond acceptors (Lipinski definition) is 3. The predicted octanol–water partition coefficient (Wildman–Crippen LogP) is 4.93. The number of furan rings is 1. The molecule has 3 nitrogen and oxygen atoms in total. The van der Waals surface area contributed by atoms with E-state index in [-0.39, 0.29) is 12.4 Å². The van der Waals surface area contributed by atoms with E-state index in [1.165, 1.54) is 0 Å². The van der Waals surface area contributed by atoms with Crippen molar-refractivity contribution in [1.29, 1.82) is 0 Å². The lowest BCUT2D eigenvalue weighted by Crippen LogP contribution is -2.17. The molecule has 1 heterocycles. The summed E-state index contributed by atoms with van der Waals surface area (Å²) in [5.74, 6) is 1.77. The topological polar surface area (TPSA) is 34.4 Å². The van der Waals surface area contributed by atoms with E-state index in [1.54, 1.807) is 0 Å². The third kappa shape index (κ3) is 6.41. The summed E-state index contributed by atoms with van der Waals surface area (Å²) in [5, 5.41) is 4.07. The molecule has 0 aliphatic rings. The van der Waals surface area contributed by atoms with E-state index >= 15 is 0 Å². The van der Waals surface area contributed by atoms with Crippen LogP contribution in [0.25, 0.3) is 11.3 Å². The Kier molecular flexibility index (Phi) is 8.57. The van der Waals surface area contributed by atoms with Gasteiger partial charge in [-0.1, -0.05) is 23.7 Å². The van der Waals surface area contributed by atoms with Gasteiger partial charge in [-0.25, -0.2) is 0 Å². The van der Waals surface area contributed by atoms with Crippen molar-refractivity contribution in [2.75, 3.05) is 13.2 Å². The van der Waals surface area contributed by atoms with Crippen LogP contribution in [0.4, 0.5) is 0 Å². The molecular weight excluding hydrogens is 321 g/mol. The fourth-order valence-electron chi connectivity index (χ4n) is 2.00. The monoisotopic (exact) mass is 343 g/mol. The molecule has 0 atom stereocenters. The second-order valence-corrected chi connectivity index (χ2v) is 5.66. The molecule has 0 fully saturated rings. The summed E-state index contributed by atoms with van der Waals surface area (Å²) in [7, 11) is 0. The summed E-state index contributed by atoms with van der Waals surface area (Å²) >= 11 is 5.99. The molecular formula is C17H23Cl2NO2. The average molecular weight is 344 g/mol. The quantitative estimate of drug-likeness (QED) is 0.690. The standard InChI is InChI=1S/C17H22ClNO2.ClH/c1-13(2)20-10-4-9-19-12-16-7-8-17(21-16)14-5-3-6-15(18)11-14;/h3,5-8,11,13,19H,4,9-10,12H2,1-2H3;1H. The van der Waals surface area contributed by atoms with Crippen molar-refractivity contribution in [1.82, 2.24) is 5.32 Å². The van der Waals surface area contributed by atoms with Gasteiger partial charge in [0.15, 0.2) is 0 Å². The molecule has 0 radical (unpaired) electrons. The molecule has 1 aromatic heterocycles. The Labute approximate surface area is 143 Å². The van der Waals surface area contributed by atoms with Gasteiger partial charge in [-0.3, -0.25) is 0 Å². The number of nitrogens with one attached hydrogen (secondary N) is 1. The van der Waals surface area contributed by atoms with Gasteiger partial charge in [-0.2, -0.15) is 0 Å².